The third-order valence-corrected chi connectivity index (χ3v) is 2.90. The maximum absolute atomic E-state index is 11.7. The highest BCUT2D eigenvalue weighted by Gasteiger charge is 2.05. The third-order valence-electron chi connectivity index (χ3n) is 2.90. The number of nitrogen functional groups attached to an aromatic ring is 1. The molecule has 5 heteroatoms. The van der Waals surface area contributed by atoms with E-state index < -0.39 is 0 Å². The number of nitrogens with zero attached hydrogens (tertiary/aromatic N) is 1. The molecule has 0 fully saturated rings. The van der Waals surface area contributed by atoms with Crippen LogP contribution in [0.5, 0.6) is 5.75 Å². The van der Waals surface area contributed by atoms with Crippen LogP contribution < -0.4 is 15.8 Å². The highest BCUT2D eigenvalue weighted by atomic mass is 16.5. The first-order valence-electron chi connectivity index (χ1n) is 6.30. The molecule has 0 aliphatic rings. The van der Waals surface area contributed by atoms with E-state index in [1.165, 1.54) is 0 Å². The quantitative estimate of drug-likeness (QED) is 0.811. The first-order valence-corrected chi connectivity index (χ1v) is 6.30. The van der Waals surface area contributed by atoms with Crippen molar-refractivity contribution in [3.63, 3.8) is 0 Å². The summed E-state index contributed by atoms with van der Waals surface area (Å²) < 4.78 is 5.36. The summed E-state index contributed by atoms with van der Waals surface area (Å²) in [6.45, 7) is 2.35. The molecule has 0 saturated heterocycles. The number of rotatable bonds is 5. The summed E-state index contributed by atoms with van der Waals surface area (Å²) >= 11 is 0. The van der Waals surface area contributed by atoms with Gasteiger partial charge in [0.05, 0.1) is 5.69 Å². The number of carbonyl (C=O) groups excluding carboxylic acids is 1. The van der Waals surface area contributed by atoms with Crippen molar-refractivity contribution in [1.82, 2.24) is 10.3 Å². The molecule has 104 valence electrons. The Morgan fingerprint density at radius 1 is 1.35 bits per heavy atom. The number of benzene rings is 1. The van der Waals surface area contributed by atoms with Crippen molar-refractivity contribution in [1.29, 1.82) is 0 Å². The second-order valence-electron chi connectivity index (χ2n) is 4.41. The number of hydrogen-bond acceptors (Lipinski definition) is 4. The Balaban J connectivity index is 1.82. The molecule has 2 aromatic rings. The number of carbonyl (C=O) groups is 1. The number of aryl methyl sites for hydroxylation is 1. The van der Waals surface area contributed by atoms with Crippen LogP contribution in [0.4, 0.5) is 5.69 Å². The van der Waals surface area contributed by atoms with Crippen LogP contribution in [0, 0.1) is 6.92 Å². The molecule has 1 amide bonds. The third kappa shape index (κ3) is 3.71. The SMILES string of the molecule is Cc1ccncc1CNC(=O)COc1ccccc1N. The van der Waals surface area contributed by atoms with E-state index in [4.69, 9.17) is 10.5 Å². The molecule has 0 spiro atoms. The molecule has 0 radical (unpaired) electrons. The predicted molar refractivity (Wildman–Crippen MR) is 77.2 cm³/mol. The van der Waals surface area contributed by atoms with Crippen LogP contribution in [-0.4, -0.2) is 17.5 Å². The van der Waals surface area contributed by atoms with Gasteiger partial charge in [0.15, 0.2) is 6.61 Å². The van der Waals surface area contributed by atoms with Crippen molar-refractivity contribution >= 4 is 11.6 Å². The van der Waals surface area contributed by atoms with Gasteiger partial charge in [-0.05, 0) is 36.2 Å². The van der Waals surface area contributed by atoms with E-state index >= 15 is 0 Å². The number of anilines is 1. The lowest BCUT2D eigenvalue weighted by atomic mass is 10.1. The zero-order chi connectivity index (χ0) is 14.4. The van der Waals surface area contributed by atoms with Crippen molar-refractivity contribution in [2.45, 2.75) is 13.5 Å². The van der Waals surface area contributed by atoms with Crippen LogP contribution in [0.3, 0.4) is 0 Å². The summed E-state index contributed by atoms with van der Waals surface area (Å²) in [4.78, 5) is 15.7. The van der Waals surface area contributed by atoms with E-state index in [2.05, 4.69) is 10.3 Å². The second-order valence-corrected chi connectivity index (χ2v) is 4.41. The summed E-state index contributed by atoms with van der Waals surface area (Å²) in [6.07, 6.45) is 3.47. The molecule has 20 heavy (non-hydrogen) atoms. The van der Waals surface area contributed by atoms with Crippen LogP contribution in [0.1, 0.15) is 11.1 Å². The first-order chi connectivity index (χ1) is 9.66. The maximum Gasteiger partial charge on any atom is 0.258 e. The summed E-state index contributed by atoms with van der Waals surface area (Å²) in [6, 6.07) is 8.98. The van der Waals surface area contributed by atoms with Gasteiger partial charge in [0.2, 0.25) is 0 Å². The second kappa shape index (κ2) is 6.56. The Labute approximate surface area is 117 Å². The van der Waals surface area contributed by atoms with Crippen LogP contribution in [0.2, 0.25) is 0 Å². The predicted octanol–water partition coefficient (Wildman–Crippen LogP) is 1.67. The fourth-order valence-corrected chi connectivity index (χ4v) is 1.68. The molecular formula is C15H17N3O2. The number of aromatic nitrogens is 1. The van der Waals surface area contributed by atoms with Gasteiger partial charge in [-0.3, -0.25) is 9.78 Å². The highest BCUT2D eigenvalue weighted by molar-refractivity contribution is 5.77. The number of amides is 1. The van der Waals surface area contributed by atoms with E-state index in [-0.39, 0.29) is 12.5 Å². The fourth-order valence-electron chi connectivity index (χ4n) is 1.68. The molecule has 2 rings (SSSR count). The number of nitrogens with two attached hydrogens (primary N) is 1. The van der Waals surface area contributed by atoms with E-state index in [0.717, 1.165) is 11.1 Å². The van der Waals surface area contributed by atoms with E-state index in [1.807, 2.05) is 25.1 Å². The minimum atomic E-state index is -0.198. The fraction of sp³-hybridized carbons (Fsp3) is 0.200. The lowest BCUT2D eigenvalue weighted by Crippen LogP contribution is -2.28. The molecule has 0 unspecified atom stereocenters. The molecule has 0 aliphatic carbocycles. The Morgan fingerprint density at radius 2 is 2.15 bits per heavy atom. The van der Waals surface area contributed by atoms with E-state index in [1.54, 1.807) is 24.5 Å². The highest BCUT2D eigenvalue weighted by Crippen LogP contribution is 2.19. The molecule has 1 aromatic heterocycles. The maximum atomic E-state index is 11.7. The van der Waals surface area contributed by atoms with Gasteiger partial charge >= 0.3 is 0 Å². The van der Waals surface area contributed by atoms with E-state index in [9.17, 15) is 4.79 Å². The zero-order valence-corrected chi connectivity index (χ0v) is 11.3. The van der Waals surface area contributed by atoms with Crippen LogP contribution in [-0.2, 0) is 11.3 Å². The molecule has 1 aromatic carbocycles. The first kappa shape index (κ1) is 13.9. The largest absolute Gasteiger partial charge is 0.482 e. The molecule has 0 aliphatic heterocycles. The molecule has 0 saturated carbocycles. The van der Waals surface area contributed by atoms with Crippen molar-refractivity contribution < 1.29 is 9.53 Å². The lowest BCUT2D eigenvalue weighted by molar-refractivity contribution is -0.123. The molecule has 0 atom stereocenters. The number of pyridine rings is 1. The molecule has 1 heterocycles. The van der Waals surface area contributed by atoms with Gasteiger partial charge in [-0.25, -0.2) is 0 Å². The standard InChI is InChI=1S/C15H17N3O2/c1-11-6-7-17-8-12(11)9-18-15(19)10-20-14-5-3-2-4-13(14)16/h2-8H,9-10,16H2,1H3,(H,18,19). The average molecular weight is 271 g/mol. The smallest absolute Gasteiger partial charge is 0.258 e. The molecular weight excluding hydrogens is 254 g/mol. The molecule has 5 nitrogen and oxygen atoms in total. The minimum Gasteiger partial charge on any atom is -0.482 e. The number of nitrogens with one attached hydrogen (secondary N) is 1. The Bertz CT molecular complexity index is 548. The summed E-state index contributed by atoms with van der Waals surface area (Å²) in [5.74, 6) is 0.316. The van der Waals surface area contributed by atoms with Gasteiger partial charge in [0.1, 0.15) is 5.75 Å². The molecule has 3 N–H and O–H groups in total. The number of ether oxygens (including phenoxy) is 1. The minimum absolute atomic E-state index is 0.0620. The van der Waals surface area contributed by atoms with Gasteiger partial charge in [0, 0.05) is 18.9 Å². The summed E-state index contributed by atoms with van der Waals surface area (Å²) in [5, 5.41) is 2.78. The van der Waals surface area contributed by atoms with Gasteiger partial charge in [-0.2, -0.15) is 0 Å². The van der Waals surface area contributed by atoms with Gasteiger partial charge in [-0.15, -0.1) is 0 Å². The Morgan fingerprint density at radius 3 is 2.90 bits per heavy atom. The number of hydrogen-bond donors (Lipinski definition) is 2. The van der Waals surface area contributed by atoms with Crippen LogP contribution in [0.15, 0.2) is 42.7 Å². The Kier molecular flexibility index (Phi) is 4.55. The monoisotopic (exact) mass is 271 g/mol. The van der Waals surface area contributed by atoms with Crippen LogP contribution in [0.25, 0.3) is 0 Å². The normalized spacial score (nSPS) is 10.1. The summed E-state index contributed by atoms with van der Waals surface area (Å²) in [5.41, 5.74) is 8.32. The van der Waals surface area contributed by atoms with Crippen molar-refractivity contribution in [2.24, 2.45) is 0 Å². The Hall–Kier alpha value is -2.56. The zero-order valence-electron chi connectivity index (χ0n) is 11.3. The van der Waals surface area contributed by atoms with Gasteiger partial charge < -0.3 is 15.8 Å². The number of para-hydroxylation sites is 2. The molecule has 0 bridgehead atoms. The lowest BCUT2D eigenvalue weighted by Gasteiger charge is -2.10. The van der Waals surface area contributed by atoms with Crippen molar-refractivity contribution in [3.05, 3.63) is 53.9 Å². The van der Waals surface area contributed by atoms with Crippen LogP contribution >= 0.6 is 0 Å². The van der Waals surface area contributed by atoms with Gasteiger partial charge in [0.25, 0.3) is 5.91 Å². The van der Waals surface area contributed by atoms with Crippen molar-refractivity contribution in [2.75, 3.05) is 12.3 Å². The van der Waals surface area contributed by atoms with Gasteiger partial charge in [-0.1, -0.05) is 12.1 Å². The average Bonchev–Trinajstić information content (AvgIpc) is 2.45. The topological polar surface area (TPSA) is 77.2 Å². The van der Waals surface area contributed by atoms with E-state index in [0.29, 0.717) is 18.0 Å². The summed E-state index contributed by atoms with van der Waals surface area (Å²) in [7, 11) is 0. The van der Waals surface area contributed by atoms with Crippen molar-refractivity contribution in [3.8, 4) is 5.75 Å².